The topological polar surface area (TPSA) is 30.0 Å². The van der Waals surface area contributed by atoms with E-state index in [9.17, 15) is 4.79 Å². The number of carbonyl (C=O) groups is 1. The first-order valence-electron chi connectivity index (χ1n) is 5.94. The van der Waals surface area contributed by atoms with Crippen LogP contribution in [0, 0.1) is 6.92 Å². The summed E-state index contributed by atoms with van der Waals surface area (Å²) in [7, 11) is 0. The number of benzene rings is 1. The molecule has 0 fully saturated rings. The van der Waals surface area contributed by atoms with Gasteiger partial charge in [0.25, 0.3) is 0 Å². The summed E-state index contributed by atoms with van der Waals surface area (Å²) in [6.45, 7) is 2.06. The summed E-state index contributed by atoms with van der Waals surface area (Å²) in [5, 5.41) is 0.946. The van der Waals surface area contributed by atoms with Crippen molar-refractivity contribution in [2.45, 2.75) is 26.2 Å². The van der Waals surface area contributed by atoms with Gasteiger partial charge in [-0.15, -0.1) is 11.3 Å². The second-order valence-electron chi connectivity index (χ2n) is 4.55. The van der Waals surface area contributed by atoms with Crippen molar-refractivity contribution >= 4 is 33.0 Å². The fourth-order valence-electron chi connectivity index (χ4n) is 2.18. The smallest absolute Gasteiger partial charge is 0.182 e. The molecule has 2 aromatic rings. The first-order valence-corrected chi connectivity index (χ1v) is 7.55. The van der Waals surface area contributed by atoms with Gasteiger partial charge in [0.15, 0.2) is 5.78 Å². The molecule has 18 heavy (non-hydrogen) atoms. The van der Waals surface area contributed by atoms with Crippen LogP contribution in [-0.4, -0.2) is 10.8 Å². The van der Waals surface area contributed by atoms with Crippen LogP contribution in [0.2, 0.25) is 0 Å². The Bertz CT molecular complexity index is 633. The number of rotatable bonds is 1. The molecule has 0 aliphatic heterocycles. The molecule has 0 radical (unpaired) electrons. The molecule has 0 saturated heterocycles. The zero-order valence-electron chi connectivity index (χ0n) is 10.00. The number of nitrogens with zero attached hydrogens (tertiary/aromatic N) is 1. The van der Waals surface area contributed by atoms with Gasteiger partial charge in [0.1, 0.15) is 10.7 Å². The molecule has 0 amide bonds. The van der Waals surface area contributed by atoms with Gasteiger partial charge in [-0.2, -0.15) is 0 Å². The lowest BCUT2D eigenvalue weighted by Gasteiger charge is -2.06. The van der Waals surface area contributed by atoms with E-state index in [-0.39, 0.29) is 5.78 Å². The molecule has 1 aromatic heterocycles. The van der Waals surface area contributed by atoms with Gasteiger partial charge in [0.05, 0.1) is 0 Å². The van der Waals surface area contributed by atoms with Crippen LogP contribution in [0.5, 0.6) is 0 Å². The van der Waals surface area contributed by atoms with E-state index in [0.717, 1.165) is 32.8 Å². The van der Waals surface area contributed by atoms with Gasteiger partial charge in [-0.25, -0.2) is 4.98 Å². The Balaban J connectivity index is 2.10. The molecule has 2 nitrogen and oxygen atoms in total. The largest absolute Gasteiger partial charge is 0.292 e. The Kier molecular flexibility index (Phi) is 3.08. The predicted octanol–water partition coefficient (Wildman–Crippen LogP) is 4.40. The number of hydrogen-bond acceptors (Lipinski definition) is 3. The Labute approximate surface area is 118 Å². The summed E-state index contributed by atoms with van der Waals surface area (Å²) in [5.74, 6) is 0.196. The van der Waals surface area contributed by atoms with Gasteiger partial charge in [-0.05, 0) is 31.4 Å². The molecule has 0 atom stereocenters. The molecule has 1 heterocycles. The summed E-state index contributed by atoms with van der Waals surface area (Å²) in [5.41, 5.74) is 2.99. The maximum absolute atomic E-state index is 11.8. The summed E-state index contributed by atoms with van der Waals surface area (Å²) >= 11 is 5.22. The number of aryl methyl sites for hydroxylation is 2. The molecule has 0 spiro atoms. The number of carbonyl (C=O) groups excluding carboxylic acids is 1. The van der Waals surface area contributed by atoms with E-state index in [1.807, 2.05) is 0 Å². The maximum Gasteiger partial charge on any atom is 0.182 e. The lowest BCUT2D eigenvalue weighted by molar-refractivity contribution is 0.0968. The molecule has 1 aliphatic carbocycles. The van der Waals surface area contributed by atoms with Gasteiger partial charge in [0, 0.05) is 21.3 Å². The highest BCUT2D eigenvalue weighted by atomic mass is 79.9. The van der Waals surface area contributed by atoms with Gasteiger partial charge in [-0.3, -0.25) is 4.79 Å². The van der Waals surface area contributed by atoms with Crippen molar-refractivity contribution in [1.82, 2.24) is 4.98 Å². The number of aromatic nitrogens is 1. The SMILES string of the molecule is Cc1ccc(-c2nc3c(s2)CCCC3=O)c(Br)c1. The van der Waals surface area contributed by atoms with Crippen LogP contribution >= 0.6 is 27.3 Å². The molecule has 92 valence electrons. The number of Topliss-reactive ketones (excluding diaryl/α,β-unsaturated/α-hetero) is 1. The van der Waals surface area contributed by atoms with Gasteiger partial charge < -0.3 is 0 Å². The fourth-order valence-corrected chi connectivity index (χ4v) is 4.15. The molecule has 1 aliphatic rings. The highest BCUT2D eigenvalue weighted by Crippen LogP contribution is 2.36. The van der Waals surface area contributed by atoms with Crippen molar-refractivity contribution in [3.63, 3.8) is 0 Å². The fraction of sp³-hybridized carbons (Fsp3) is 0.286. The molecule has 1 aromatic carbocycles. The molecular formula is C14H12BrNOS. The van der Waals surface area contributed by atoms with Crippen LogP contribution in [0.1, 0.15) is 33.8 Å². The Hall–Kier alpha value is -1.00. The normalized spacial score (nSPS) is 14.7. The van der Waals surface area contributed by atoms with E-state index < -0.39 is 0 Å². The van der Waals surface area contributed by atoms with E-state index >= 15 is 0 Å². The van der Waals surface area contributed by atoms with Crippen molar-refractivity contribution < 1.29 is 4.79 Å². The summed E-state index contributed by atoms with van der Waals surface area (Å²) in [6, 6.07) is 6.22. The standard InChI is InChI=1S/C14H12BrNOS/c1-8-5-6-9(10(15)7-8)14-16-13-11(17)3-2-4-12(13)18-14/h5-7H,2-4H2,1H3. The molecular weight excluding hydrogens is 310 g/mol. The Morgan fingerprint density at radius 1 is 1.33 bits per heavy atom. The average Bonchev–Trinajstić information content (AvgIpc) is 2.74. The van der Waals surface area contributed by atoms with E-state index in [1.165, 1.54) is 5.56 Å². The zero-order chi connectivity index (χ0) is 12.7. The van der Waals surface area contributed by atoms with E-state index in [4.69, 9.17) is 0 Å². The van der Waals surface area contributed by atoms with Gasteiger partial charge >= 0.3 is 0 Å². The van der Waals surface area contributed by atoms with E-state index in [1.54, 1.807) is 11.3 Å². The number of fused-ring (bicyclic) bond motifs is 1. The van der Waals surface area contributed by atoms with Crippen molar-refractivity contribution in [1.29, 1.82) is 0 Å². The van der Waals surface area contributed by atoms with Crippen molar-refractivity contribution in [3.8, 4) is 10.6 Å². The predicted molar refractivity (Wildman–Crippen MR) is 77.3 cm³/mol. The maximum atomic E-state index is 11.8. The lowest BCUT2D eigenvalue weighted by Crippen LogP contribution is -2.08. The van der Waals surface area contributed by atoms with Crippen LogP contribution in [0.4, 0.5) is 0 Å². The minimum atomic E-state index is 0.196. The third-order valence-corrected chi connectivity index (χ3v) is 4.93. The summed E-state index contributed by atoms with van der Waals surface area (Å²) < 4.78 is 1.04. The number of hydrogen-bond donors (Lipinski definition) is 0. The van der Waals surface area contributed by atoms with Crippen LogP contribution in [0.25, 0.3) is 10.6 Å². The monoisotopic (exact) mass is 321 g/mol. The van der Waals surface area contributed by atoms with Crippen molar-refractivity contribution in [2.75, 3.05) is 0 Å². The second-order valence-corrected chi connectivity index (χ2v) is 6.49. The minimum absolute atomic E-state index is 0.196. The van der Waals surface area contributed by atoms with Gasteiger partial charge in [-0.1, -0.05) is 28.1 Å². The first kappa shape index (κ1) is 12.1. The summed E-state index contributed by atoms with van der Waals surface area (Å²) in [4.78, 5) is 17.5. The van der Waals surface area contributed by atoms with E-state index in [2.05, 4.69) is 46.0 Å². The van der Waals surface area contributed by atoms with Crippen LogP contribution in [-0.2, 0) is 6.42 Å². The van der Waals surface area contributed by atoms with E-state index in [0.29, 0.717) is 12.1 Å². The van der Waals surface area contributed by atoms with Crippen LogP contribution in [0.3, 0.4) is 0 Å². The van der Waals surface area contributed by atoms with Crippen LogP contribution < -0.4 is 0 Å². The minimum Gasteiger partial charge on any atom is -0.292 e. The molecule has 0 N–H and O–H groups in total. The highest BCUT2D eigenvalue weighted by Gasteiger charge is 2.23. The molecule has 0 bridgehead atoms. The third kappa shape index (κ3) is 2.04. The number of ketones is 1. The molecule has 3 rings (SSSR count). The average molecular weight is 322 g/mol. The Morgan fingerprint density at radius 3 is 2.89 bits per heavy atom. The quantitative estimate of drug-likeness (QED) is 0.779. The van der Waals surface area contributed by atoms with Gasteiger partial charge in [0.2, 0.25) is 0 Å². The third-order valence-electron chi connectivity index (χ3n) is 3.12. The number of halogens is 1. The highest BCUT2D eigenvalue weighted by molar-refractivity contribution is 9.10. The Morgan fingerprint density at radius 2 is 2.17 bits per heavy atom. The van der Waals surface area contributed by atoms with Crippen molar-refractivity contribution in [3.05, 3.63) is 38.8 Å². The van der Waals surface area contributed by atoms with Crippen LogP contribution in [0.15, 0.2) is 22.7 Å². The van der Waals surface area contributed by atoms with Crippen molar-refractivity contribution in [2.24, 2.45) is 0 Å². The molecule has 0 saturated carbocycles. The number of thiazole rings is 1. The molecule has 0 unspecified atom stereocenters. The lowest BCUT2D eigenvalue weighted by atomic mass is 10.0. The second kappa shape index (κ2) is 4.59. The molecule has 4 heteroatoms. The zero-order valence-corrected chi connectivity index (χ0v) is 12.4. The first-order chi connectivity index (χ1) is 8.65. The summed E-state index contributed by atoms with van der Waals surface area (Å²) in [6.07, 6.45) is 2.59.